The smallest absolute Gasteiger partial charge is 0.310 e. The molecule has 1 aliphatic carbocycles. The fourth-order valence-corrected chi connectivity index (χ4v) is 3.29. The molecule has 1 aromatic heterocycles. The second-order valence-corrected chi connectivity index (χ2v) is 7.23. The number of benzene rings is 1. The van der Waals surface area contributed by atoms with Crippen molar-refractivity contribution in [2.45, 2.75) is 32.4 Å². The van der Waals surface area contributed by atoms with Crippen LogP contribution >= 0.6 is 11.6 Å². The van der Waals surface area contributed by atoms with Crippen LogP contribution in [0.4, 0.5) is 0 Å². The molecule has 1 unspecified atom stereocenters. The summed E-state index contributed by atoms with van der Waals surface area (Å²) in [6.45, 7) is 2.09. The first-order valence-electron chi connectivity index (χ1n) is 8.78. The predicted molar refractivity (Wildman–Crippen MR) is 99.5 cm³/mol. The standard InChI is InChI=1S/C20H18ClN3O3/c1-12(27-20(26)13-7-8-13)6-9-15-17-10-23(2)19(25)18-14(21)4-3-5-16(18)24(17)11-22-15/h3-5,11-13H,7-8,10H2,1-2H3. The lowest BCUT2D eigenvalue weighted by atomic mass is 10.1. The Bertz CT molecular complexity index is 998. The molecule has 138 valence electrons. The lowest BCUT2D eigenvalue weighted by molar-refractivity contribution is -0.147. The zero-order valence-electron chi connectivity index (χ0n) is 15.0. The third-order valence-electron chi connectivity index (χ3n) is 4.66. The van der Waals surface area contributed by atoms with Gasteiger partial charge in [0.15, 0.2) is 6.10 Å². The van der Waals surface area contributed by atoms with Gasteiger partial charge in [0, 0.05) is 7.05 Å². The maximum Gasteiger partial charge on any atom is 0.310 e. The van der Waals surface area contributed by atoms with E-state index in [2.05, 4.69) is 16.8 Å². The summed E-state index contributed by atoms with van der Waals surface area (Å²) in [7, 11) is 1.72. The first-order valence-corrected chi connectivity index (χ1v) is 9.16. The lowest BCUT2D eigenvalue weighted by Gasteiger charge is -2.14. The van der Waals surface area contributed by atoms with E-state index in [0.717, 1.165) is 18.5 Å². The van der Waals surface area contributed by atoms with Crippen molar-refractivity contribution in [2.24, 2.45) is 5.92 Å². The summed E-state index contributed by atoms with van der Waals surface area (Å²) in [5.41, 5.74) is 2.47. The topological polar surface area (TPSA) is 64.4 Å². The minimum atomic E-state index is -0.512. The molecular weight excluding hydrogens is 366 g/mol. The molecule has 1 aromatic carbocycles. The van der Waals surface area contributed by atoms with Crippen LogP contribution in [0.2, 0.25) is 5.02 Å². The Morgan fingerprint density at radius 2 is 2.19 bits per heavy atom. The summed E-state index contributed by atoms with van der Waals surface area (Å²) < 4.78 is 7.16. The summed E-state index contributed by atoms with van der Waals surface area (Å²) in [5.74, 6) is 5.63. The SMILES string of the molecule is CC(C#Cc1ncn2c1CN(C)C(=O)c1c(Cl)cccc1-2)OC(=O)C1CC1. The maximum atomic E-state index is 12.7. The van der Waals surface area contributed by atoms with Gasteiger partial charge in [0.1, 0.15) is 12.0 Å². The third-order valence-corrected chi connectivity index (χ3v) is 4.98. The van der Waals surface area contributed by atoms with Crippen LogP contribution in [-0.2, 0) is 16.1 Å². The molecule has 4 rings (SSSR count). The van der Waals surface area contributed by atoms with E-state index in [1.54, 1.807) is 37.3 Å². The van der Waals surface area contributed by atoms with Crippen molar-refractivity contribution < 1.29 is 14.3 Å². The highest BCUT2D eigenvalue weighted by Gasteiger charge is 2.32. The average molecular weight is 384 g/mol. The highest BCUT2D eigenvalue weighted by molar-refractivity contribution is 6.34. The Labute approximate surface area is 162 Å². The molecule has 6 nitrogen and oxygen atoms in total. The van der Waals surface area contributed by atoms with Crippen LogP contribution in [0.15, 0.2) is 24.5 Å². The summed E-state index contributed by atoms with van der Waals surface area (Å²) in [5, 5.41) is 0.402. The lowest BCUT2D eigenvalue weighted by Crippen LogP contribution is -2.25. The minimum absolute atomic E-state index is 0.0408. The number of ether oxygens (including phenoxy) is 1. The van der Waals surface area contributed by atoms with Gasteiger partial charge in [-0.15, -0.1) is 0 Å². The van der Waals surface area contributed by atoms with Crippen LogP contribution in [0.5, 0.6) is 0 Å². The molecule has 2 heterocycles. The summed E-state index contributed by atoms with van der Waals surface area (Å²) in [6.07, 6.45) is 2.93. The van der Waals surface area contributed by atoms with E-state index in [1.165, 1.54) is 0 Å². The Morgan fingerprint density at radius 3 is 2.93 bits per heavy atom. The minimum Gasteiger partial charge on any atom is -0.449 e. The number of amides is 1. The molecule has 1 saturated carbocycles. The fourth-order valence-electron chi connectivity index (χ4n) is 3.04. The Hall–Kier alpha value is -2.78. The number of fused-ring (bicyclic) bond motifs is 3. The fraction of sp³-hybridized carbons (Fsp3) is 0.350. The number of halogens is 1. The van der Waals surface area contributed by atoms with Crippen molar-refractivity contribution in [3.63, 3.8) is 0 Å². The zero-order chi connectivity index (χ0) is 19.1. The van der Waals surface area contributed by atoms with Crippen molar-refractivity contribution >= 4 is 23.5 Å². The second kappa shape index (κ2) is 6.75. The number of rotatable bonds is 2. The number of carbonyl (C=O) groups is 2. The number of esters is 1. The number of aromatic nitrogens is 2. The van der Waals surface area contributed by atoms with Crippen molar-refractivity contribution in [3.8, 4) is 17.5 Å². The molecule has 0 N–H and O–H groups in total. The van der Waals surface area contributed by atoms with E-state index in [-0.39, 0.29) is 17.8 Å². The summed E-state index contributed by atoms with van der Waals surface area (Å²) >= 11 is 6.27. The Morgan fingerprint density at radius 1 is 1.41 bits per heavy atom. The largest absolute Gasteiger partial charge is 0.449 e. The summed E-state index contributed by atoms with van der Waals surface area (Å²) in [6, 6.07) is 5.33. The molecule has 0 spiro atoms. The van der Waals surface area contributed by atoms with Gasteiger partial charge in [0.2, 0.25) is 0 Å². The third kappa shape index (κ3) is 3.31. The van der Waals surface area contributed by atoms with Gasteiger partial charge in [0.05, 0.1) is 34.4 Å². The number of imidazole rings is 1. The van der Waals surface area contributed by atoms with Crippen molar-refractivity contribution in [1.82, 2.24) is 14.5 Å². The molecule has 0 saturated heterocycles. The van der Waals surface area contributed by atoms with E-state index in [0.29, 0.717) is 28.5 Å². The van der Waals surface area contributed by atoms with Crippen LogP contribution in [0.25, 0.3) is 5.69 Å². The van der Waals surface area contributed by atoms with Crippen LogP contribution in [0, 0.1) is 17.8 Å². The monoisotopic (exact) mass is 383 g/mol. The first-order chi connectivity index (χ1) is 13.0. The molecule has 2 aromatic rings. The molecule has 1 fully saturated rings. The van der Waals surface area contributed by atoms with Gasteiger partial charge in [-0.2, -0.15) is 0 Å². The average Bonchev–Trinajstić information content (AvgIpc) is 3.42. The van der Waals surface area contributed by atoms with Gasteiger partial charge >= 0.3 is 5.97 Å². The molecule has 1 amide bonds. The summed E-state index contributed by atoms with van der Waals surface area (Å²) in [4.78, 5) is 30.4. The van der Waals surface area contributed by atoms with Crippen LogP contribution in [0.1, 0.15) is 41.5 Å². The molecule has 7 heteroatoms. The highest BCUT2D eigenvalue weighted by atomic mass is 35.5. The van der Waals surface area contributed by atoms with Gasteiger partial charge in [-0.3, -0.25) is 14.2 Å². The second-order valence-electron chi connectivity index (χ2n) is 6.83. The molecule has 2 aliphatic rings. The molecule has 1 atom stereocenters. The van der Waals surface area contributed by atoms with Crippen molar-refractivity contribution in [2.75, 3.05) is 7.05 Å². The van der Waals surface area contributed by atoms with Crippen LogP contribution in [-0.4, -0.2) is 39.5 Å². The maximum absolute atomic E-state index is 12.7. The number of hydrogen-bond acceptors (Lipinski definition) is 4. The van der Waals surface area contributed by atoms with Gasteiger partial charge in [-0.05, 0) is 37.8 Å². The molecule has 27 heavy (non-hydrogen) atoms. The van der Waals surface area contributed by atoms with Gasteiger partial charge in [0.25, 0.3) is 5.91 Å². The Kier molecular flexibility index (Phi) is 4.40. The number of carbonyl (C=O) groups excluding carboxylic acids is 2. The molecule has 0 bridgehead atoms. The van der Waals surface area contributed by atoms with Gasteiger partial charge in [-0.25, -0.2) is 4.98 Å². The van der Waals surface area contributed by atoms with E-state index < -0.39 is 6.10 Å². The van der Waals surface area contributed by atoms with Gasteiger partial charge < -0.3 is 9.64 Å². The quantitative estimate of drug-likeness (QED) is 0.591. The van der Waals surface area contributed by atoms with E-state index in [4.69, 9.17) is 16.3 Å². The highest BCUT2D eigenvalue weighted by Crippen LogP contribution is 2.31. The normalized spacial score (nSPS) is 16.6. The molecule has 0 radical (unpaired) electrons. The van der Waals surface area contributed by atoms with E-state index in [9.17, 15) is 9.59 Å². The Balaban J connectivity index is 1.67. The molecule has 1 aliphatic heterocycles. The number of nitrogens with zero attached hydrogens (tertiary/aromatic N) is 3. The van der Waals surface area contributed by atoms with Crippen LogP contribution in [0.3, 0.4) is 0 Å². The van der Waals surface area contributed by atoms with Crippen LogP contribution < -0.4 is 0 Å². The first kappa shape index (κ1) is 17.6. The number of hydrogen-bond donors (Lipinski definition) is 0. The van der Waals surface area contributed by atoms with E-state index >= 15 is 0 Å². The molecular formula is C20H18ClN3O3. The van der Waals surface area contributed by atoms with E-state index in [1.807, 2.05) is 10.6 Å². The predicted octanol–water partition coefficient (Wildman–Crippen LogP) is 2.80. The van der Waals surface area contributed by atoms with Crippen molar-refractivity contribution in [1.29, 1.82) is 0 Å². The zero-order valence-corrected chi connectivity index (χ0v) is 15.8. The van der Waals surface area contributed by atoms with Crippen molar-refractivity contribution in [3.05, 3.63) is 46.5 Å². The van der Waals surface area contributed by atoms with Gasteiger partial charge in [-0.1, -0.05) is 23.6 Å².